The molecule has 0 bridgehead atoms. The molecular weight excluding hydrogens is 986 g/mol. The monoisotopic (exact) mass is 1050 g/mol. The number of fused-ring (bicyclic) bond motifs is 1. The van der Waals surface area contributed by atoms with Gasteiger partial charge in [0.05, 0.1) is 27.5 Å². The minimum Gasteiger partial charge on any atom is -0.484 e. The number of ether oxygens (including phenoxy) is 1. The van der Waals surface area contributed by atoms with Crippen LogP contribution >= 0.6 is 11.6 Å². The lowest BCUT2D eigenvalue weighted by Crippen LogP contribution is -2.54. The molecule has 0 unspecified atom stereocenters. The van der Waals surface area contributed by atoms with E-state index in [1.54, 1.807) is 46.2 Å². The second-order valence-corrected chi connectivity index (χ2v) is 22.6. The average molecular weight is 1050 g/mol. The molecule has 390 valence electrons. The number of sulfonamides is 2. The van der Waals surface area contributed by atoms with Gasteiger partial charge in [-0.3, -0.25) is 14.5 Å². The summed E-state index contributed by atoms with van der Waals surface area (Å²) in [5.41, 5.74) is 2.93. The molecule has 0 radical (unpaired) electrons. The van der Waals surface area contributed by atoms with Gasteiger partial charge in [0.15, 0.2) is 0 Å². The Labute approximate surface area is 427 Å². The number of rotatable bonds is 21. The Balaban J connectivity index is 0.724. The van der Waals surface area contributed by atoms with Crippen LogP contribution in [0.4, 0.5) is 9.59 Å². The number of unbranched alkanes of at least 4 members (excludes halogenated alkanes) is 1. The molecule has 3 heterocycles. The fourth-order valence-electron chi connectivity index (χ4n) is 10.00. The van der Waals surface area contributed by atoms with Gasteiger partial charge in [-0.15, -0.1) is 0 Å². The zero-order chi connectivity index (χ0) is 51.4. The smallest absolute Gasteiger partial charge is 0.314 e. The molecule has 6 amide bonds. The molecule has 3 aromatic rings. The molecule has 5 atom stereocenters. The number of hydrogen-bond acceptors (Lipinski definition) is 12. The Morgan fingerprint density at radius 1 is 0.792 bits per heavy atom. The first-order valence-electron chi connectivity index (χ1n) is 24.7. The summed E-state index contributed by atoms with van der Waals surface area (Å²) >= 11 is 6.44. The molecule has 0 saturated carbocycles. The van der Waals surface area contributed by atoms with Gasteiger partial charge in [0.1, 0.15) is 11.9 Å². The molecule has 72 heavy (non-hydrogen) atoms. The van der Waals surface area contributed by atoms with Crippen LogP contribution in [0.3, 0.4) is 0 Å². The zero-order valence-corrected chi connectivity index (χ0v) is 42.9. The van der Waals surface area contributed by atoms with Gasteiger partial charge in [-0.05, 0) is 111 Å². The standard InChI is InChI=1S/C49H66ClN11O9S2/c1-33-30-59(25-22-53-33)43-28-41-35(29-51)26-36(50)27-42(41)47(43)70-38-12-14-39(15-13-38)72(68,69)58-37-17-24-61(32-37)46(63)11-7-21-57-49(65)55-19-5-4-18-54-48(64)56-20-6-10-45(62)60-23-16-34(31-60)40-8-2-3-9-44(40)71(52,66)67/h2-3,8-9,12-15,26-27,33-34,37,43,47,53,58H,4-7,10-11,16-25,28,30-32H2,1H3,(H2,52,66,67)(H2,54,56,64)(H2,55,57,65)/t33-,34+,37-,43+,47+/m1/s1. The van der Waals surface area contributed by atoms with Crippen molar-refractivity contribution in [2.45, 2.75) is 105 Å². The van der Waals surface area contributed by atoms with Gasteiger partial charge < -0.3 is 41.1 Å². The number of carbonyl (C=O) groups is 4. The third-order valence-corrected chi connectivity index (χ3v) is 16.4. The van der Waals surface area contributed by atoms with Gasteiger partial charge in [-0.1, -0.05) is 29.8 Å². The second kappa shape index (κ2) is 24.9. The summed E-state index contributed by atoms with van der Waals surface area (Å²) in [5.74, 6) is 0.186. The highest BCUT2D eigenvalue weighted by atomic mass is 35.5. The SMILES string of the molecule is C[C@@H]1CN([C@H]2Cc3c(C#N)cc(Cl)cc3[C@@H]2Oc2ccc(S(=O)(=O)N[C@@H]3CCN(C(=O)CCCNC(=O)NCCCCNC(=O)NCCCC(=O)N4CC[C@H](c5ccccc5S(N)(=O)=O)C4)C3)cc2)CCN1. The largest absolute Gasteiger partial charge is 0.484 e. The van der Waals surface area contributed by atoms with Crippen molar-refractivity contribution < 1.29 is 40.8 Å². The summed E-state index contributed by atoms with van der Waals surface area (Å²) in [6.45, 7) is 7.54. The van der Waals surface area contributed by atoms with E-state index in [-0.39, 0.29) is 71.6 Å². The topological polar surface area (TPSA) is 278 Å². The van der Waals surface area contributed by atoms with Crippen molar-refractivity contribution in [2.75, 3.05) is 72.0 Å². The quantitative estimate of drug-likeness (QED) is 0.0759. The summed E-state index contributed by atoms with van der Waals surface area (Å²) in [6.07, 6.45) is 3.86. The lowest BCUT2D eigenvalue weighted by atomic mass is 9.98. The number of nitriles is 1. The van der Waals surface area contributed by atoms with E-state index in [9.17, 15) is 41.3 Å². The van der Waals surface area contributed by atoms with Gasteiger partial charge in [0.25, 0.3) is 0 Å². The summed E-state index contributed by atoms with van der Waals surface area (Å²) < 4.78 is 60.3. The van der Waals surface area contributed by atoms with Gasteiger partial charge in [0.2, 0.25) is 31.9 Å². The predicted octanol–water partition coefficient (Wildman–Crippen LogP) is 3.03. The summed E-state index contributed by atoms with van der Waals surface area (Å²) in [7, 11) is -7.79. The lowest BCUT2D eigenvalue weighted by molar-refractivity contribution is -0.131. The van der Waals surface area contributed by atoms with E-state index in [0.29, 0.717) is 112 Å². The van der Waals surface area contributed by atoms with Crippen LogP contribution in [-0.4, -0.2) is 146 Å². The van der Waals surface area contributed by atoms with Crippen LogP contribution in [0.15, 0.2) is 70.5 Å². The average Bonchev–Trinajstić information content (AvgIpc) is 4.12. The molecule has 20 nitrogen and oxygen atoms in total. The van der Waals surface area contributed by atoms with E-state index in [1.807, 2.05) is 6.07 Å². The summed E-state index contributed by atoms with van der Waals surface area (Å²) in [5, 5.41) is 30.2. The van der Waals surface area contributed by atoms with Gasteiger partial charge in [-0.2, -0.15) is 5.26 Å². The number of nitrogens with one attached hydrogen (secondary N) is 6. The van der Waals surface area contributed by atoms with Crippen molar-refractivity contribution in [1.29, 1.82) is 5.26 Å². The van der Waals surface area contributed by atoms with Crippen molar-refractivity contribution in [3.8, 4) is 11.8 Å². The maximum atomic E-state index is 13.5. The van der Waals surface area contributed by atoms with Crippen LogP contribution in [0.25, 0.3) is 0 Å². The lowest BCUT2D eigenvalue weighted by Gasteiger charge is -2.38. The maximum Gasteiger partial charge on any atom is 0.314 e. The number of likely N-dealkylation sites (tertiary alicyclic amines) is 2. The molecular formula is C49H66ClN11O9S2. The first kappa shape index (κ1) is 54.2. The van der Waals surface area contributed by atoms with E-state index in [1.165, 1.54) is 18.2 Å². The normalized spacial score (nSPS) is 21.2. The summed E-state index contributed by atoms with van der Waals surface area (Å²) in [4.78, 5) is 56.2. The third kappa shape index (κ3) is 14.6. The Bertz CT molecular complexity index is 2690. The van der Waals surface area contributed by atoms with Crippen LogP contribution in [0.1, 0.15) is 92.6 Å². The highest BCUT2D eigenvalue weighted by molar-refractivity contribution is 7.89. The fraction of sp³-hybridized carbons (Fsp3) is 0.531. The first-order valence-corrected chi connectivity index (χ1v) is 28.1. The number of urea groups is 2. The van der Waals surface area contributed by atoms with E-state index in [4.69, 9.17) is 21.5 Å². The summed E-state index contributed by atoms with van der Waals surface area (Å²) in [6, 6.07) is 17.8. The van der Waals surface area contributed by atoms with Crippen molar-refractivity contribution in [1.82, 2.24) is 46.0 Å². The van der Waals surface area contributed by atoms with Crippen LogP contribution in [0.5, 0.6) is 5.75 Å². The number of nitrogens with zero attached hydrogens (tertiary/aromatic N) is 4. The number of amides is 6. The zero-order valence-electron chi connectivity index (χ0n) is 40.5. The predicted molar refractivity (Wildman–Crippen MR) is 270 cm³/mol. The Morgan fingerprint density at radius 2 is 1.40 bits per heavy atom. The highest BCUT2D eigenvalue weighted by Gasteiger charge is 2.41. The molecule has 23 heteroatoms. The van der Waals surface area contributed by atoms with Gasteiger partial charge in [0, 0.05) is 108 Å². The van der Waals surface area contributed by atoms with Crippen molar-refractivity contribution >= 4 is 55.5 Å². The molecule has 7 rings (SSSR count). The van der Waals surface area contributed by atoms with E-state index >= 15 is 0 Å². The minimum atomic E-state index is -3.91. The van der Waals surface area contributed by atoms with Crippen LogP contribution in [-0.2, 0) is 36.1 Å². The first-order chi connectivity index (χ1) is 34.5. The van der Waals surface area contributed by atoms with Crippen molar-refractivity contribution in [3.05, 3.63) is 87.9 Å². The second-order valence-electron chi connectivity index (χ2n) is 18.9. The van der Waals surface area contributed by atoms with Crippen molar-refractivity contribution in [2.24, 2.45) is 5.14 Å². The molecule has 0 aromatic heterocycles. The number of nitrogens with two attached hydrogens (primary N) is 1. The molecule has 3 aromatic carbocycles. The minimum absolute atomic E-state index is 0.0328. The molecule has 3 fully saturated rings. The molecule has 3 saturated heterocycles. The number of piperazine rings is 1. The molecule has 1 aliphatic carbocycles. The van der Waals surface area contributed by atoms with Crippen LogP contribution in [0, 0.1) is 11.3 Å². The van der Waals surface area contributed by atoms with Gasteiger partial charge in [-0.25, -0.2) is 36.3 Å². The van der Waals surface area contributed by atoms with E-state index in [0.717, 1.165) is 30.8 Å². The molecule has 3 aliphatic heterocycles. The van der Waals surface area contributed by atoms with E-state index < -0.39 is 32.2 Å². The molecule has 8 N–H and O–H groups in total. The van der Waals surface area contributed by atoms with Crippen molar-refractivity contribution in [3.63, 3.8) is 0 Å². The van der Waals surface area contributed by atoms with Crippen LogP contribution < -0.4 is 41.2 Å². The Hall–Kier alpha value is -5.54. The fourth-order valence-corrected chi connectivity index (χ4v) is 12.3. The van der Waals surface area contributed by atoms with Crippen LogP contribution in [0.2, 0.25) is 5.02 Å². The Morgan fingerprint density at radius 3 is 2.03 bits per heavy atom. The van der Waals surface area contributed by atoms with Gasteiger partial charge >= 0.3 is 12.1 Å². The number of benzene rings is 3. The van der Waals surface area contributed by atoms with E-state index in [2.05, 4.69) is 49.2 Å². The molecule has 4 aliphatic rings. The number of halogens is 1. The number of primary sulfonamides is 1. The number of hydrogen-bond donors (Lipinski definition) is 7. The highest BCUT2D eigenvalue weighted by Crippen LogP contribution is 2.41. The Kier molecular flexibility index (Phi) is 18.8. The third-order valence-electron chi connectivity index (χ3n) is 13.7. The molecule has 0 spiro atoms. The maximum absolute atomic E-state index is 13.5. The number of carbonyl (C=O) groups excluding carboxylic acids is 4.